The van der Waals surface area contributed by atoms with Crippen molar-refractivity contribution in [2.75, 3.05) is 31.5 Å². The van der Waals surface area contributed by atoms with Crippen LogP contribution in [-0.4, -0.2) is 68.2 Å². The first-order valence-electron chi connectivity index (χ1n) is 12.3. The lowest BCUT2D eigenvalue weighted by molar-refractivity contribution is 0.0791. The highest BCUT2D eigenvalue weighted by molar-refractivity contribution is 5.93. The highest BCUT2D eigenvalue weighted by Gasteiger charge is 2.29. The zero-order valence-corrected chi connectivity index (χ0v) is 20.7. The molecule has 10 nitrogen and oxygen atoms in total. The number of rotatable bonds is 9. The minimum Gasteiger partial charge on any atom is -0.364 e. The fourth-order valence-electron chi connectivity index (χ4n) is 4.49. The molecule has 1 amide bonds. The summed E-state index contributed by atoms with van der Waals surface area (Å²) >= 11 is 0. The third-order valence-corrected chi connectivity index (χ3v) is 6.55. The summed E-state index contributed by atoms with van der Waals surface area (Å²) in [5.41, 5.74) is 2.38. The quantitative estimate of drug-likeness (QED) is 0.359. The molecule has 0 unspecified atom stereocenters. The van der Waals surface area contributed by atoms with Gasteiger partial charge in [0.15, 0.2) is 5.76 Å². The van der Waals surface area contributed by atoms with Gasteiger partial charge in [0, 0.05) is 30.9 Å². The molecule has 0 aliphatic carbocycles. The lowest BCUT2D eigenvalue weighted by Gasteiger charge is -2.17. The van der Waals surface area contributed by atoms with Crippen molar-refractivity contribution < 1.29 is 18.2 Å². The molecule has 0 spiro atoms. The van der Waals surface area contributed by atoms with E-state index >= 15 is 0 Å². The Balaban J connectivity index is 1.42. The number of carbonyl (C=O) groups is 1. The molecule has 4 heterocycles. The van der Waals surface area contributed by atoms with Crippen LogP contribution in [-0.2, 0) is 6.54 Å². The van der Waals surface area contributed by atoms with E-state index in [1.54, 1.807) is 35.4 Å². The Morgan fingerprint density at radius 3 is 2.84 bits per heavy atom. The molecule has 0 saturated carbocycles. The van der Waals surface area contributed by atoms with Crippen molar-refractivity contribution in [3.05, 3.63) is 66.1 Å². The van der Waals surface area contributed by atoms with Crippen molar-refractivity contribution in [1.29, 1.82) is 0 Å². The van der Waals surface area contributed by atoms with E-state index in [9.17, 15) is 9.18 Å². The molecule has 1 aromatic carbocycles. The van der Waals surface area contributed by atoms with Gasteiger partial charge < -0.3 is 19.3 Å². The first kappa shape index (κ1) is 24.6. The lowest BCUT2D eigenvalue weighted by atomic mass is 10.0. The predicted molar refractivity (Wildman–Crippen MR) is 134 cm³/mol. The monoisotopic (exact) mass is 505 g/mol. The number of anilines is 1. The standard InChI is InChI=1S/C26H28FN7O3/c1-3-33(4-2)15-22-23(24(32-37-22)19-7-5-6-8-20(19)27)21-9-11-28-26(31-21)30-18-10-12-34(14-18)25(35)17-13-29-36-16-17/h5-9,11,13,16,18H,3-4,10,12,14-15H2,1-2H3,(H,28,30,31)/t18-/m1/s1. The molecule has 0 bridgehead atoms. The summed E-state index contributed by atoms with van der Waals surface area (Å²) in [7, 11) is 0. The molecule has 1 aliphatic heterocycles. The number of likely N-dealkylation sites (tertiary alicyclic amines) is 1. The minimum absolute atomic E-state index is 0.0253. The van der Waals surface area contributed by atoms with Gasteiger partial charge in [-0.3, -0.25) is 9.69 Å². The van der Waals surface area contributed by atoms with Crippen molar-refractivity contribution in [3.8, 4) is 22.5 Å². The van der Waals surface area contributed by atoms with Crippen LogP contribution in [0.4, 0.5) is 10.3 Å². The molecule has 1 N–H and O–H groups in total. The first-order valence-corrected chi connectivity index (χ1v) is 12.3. The summed E-state index contributed by atoms with van der Waals surface area (Å²) in [6, 6.07) is 8.23. The van der Waals surface area contributed by atoms with Crippen molar-refractivity contribution in [2.24, 2.45) is 0 Å². The van der Waals surface area contributed by atoms with E-state index in [1.165, 1.54) is 18.5 Å². The van der Waals surface area contributed by atoms with Crippen LogP contribution in [0.15, 0.2) is 58.0 Å². The molecule has 1 fully saturated rings. The number of hydrogen-bond donors (Lipinski definition) is 1. The molecule has 5 rings (SSSR count). The minimum atomic E-state index is -0.387. The van der Waals surface area contributed by atoms with E-state index in [0.29, 0.717) is 59.4 Å². The Labute approximate surface area is 213 Å². The van der Waals surface area contributed by atoms with Crippen molar-refractivity contribution in [2.45, 2.75) is 32.9 Å². The maximum atomic E-state index is 14.7. The van der Waals surface area contributed by atoms with Gasteiger partial charge in [0.1, 0.15) is 17.8 Å². The molecule has 37 heavy (non-hydrogen) atoms. The number of amides is 1. The normalized spacial score (nSPS) is 15.5. The van der Waals surface area contributed by atoms with Crippen molar-refractivity contribution in [3.63, 3.8) is 0 Å². The largest absolute Gasteiger partial charge is 0.364 e. The fraction of sp³-hybridized carbons (Fsp3) is 0.346. The predicted octanol–water partition coefficient (Wildman–Crippen LogP) is 4.09. The van der Waals surface area contributed by atoms with Crippen LogP contribution in [0.1, 0.15) is 36.4 Å². The summed E-state index contributed by atoms with van der Waals surface area (Å²) in [4.78, 5) is 25.7. The van der Waals surface area contributed by atoms with E-state index in [-0.39, 0.29) is 17.8 Å². The van der Waals surface area contributed by atoms with Crippen LogP contribution in [0, 0.1) is 5.82 Å². The smallest absolute Gasteiger partial charge is 0.258 e. The Bertz CT molecular complexity index is 1350. The van der Waals surface area contributed by atoms with Gasteiger partial charge in [-0.2, -0.15) is 0 Å². The molecule has 0 radical (unpaired) electrons. The van der Waals surface area contributed by atoms with E-state index in [0.717, 1.165) is 19.5 Å². The molecule has 11 heteroatoms. The first-order chi connectivity index (χ1) is 18.1. The maximum absolute atomic E-state index is 14.7. The molecule has 3 aromatic heterocycles. The van der Waals surface area contributed by atoms with Crippen LogP contribution in [0.3, 0.4) is 0 Å². The van der Waals surface area contributed by atoms with Crippen LogP contribution >= 0.6 is 0 Å². The van der Waals surface area contributed by atoms with Crippen molar-refractivity contribution >= 4 is 11.9 Å². The number of nitrogens with one attached hydrogen (secondary N) is 1. The second-order valence-corrected chi connectivity index (χ2v) is 8.83. The topological polar surface area (TPSA) is 113 Å². The number of hydrogen-bond acceptors (Lipinski definition) is 9. The van der Waals surface area contributed by atoms with E-state index in [4.69, 9.17) is 14.0 Å². The molecular formula is C26H28FN7O3. The number of carbonyl (C=O) groups excluding carboxylic acids is 1. The van der Waals surface area contributed by atoms with Crippen LogP contribution in [0.2, 0.25) is 0 Å². The Kier molecular flexibility index (Phi) is 7.22. The van der Waals surface area contributed by atoms with Gasteiger partial charge in [-0.05, 0) is 37.7 Å². The molecule has 192 valence electrons. The molecule has 1 aliphatic rings. The second-order valence-electron chi connectivity index (χ2n) is 8.83. The average Bonchev–Trinajstić information content (AvgIpc) is 3.69. The zero-order valence-electron chi connectivity index (χ0n) is 20.7. The number of halogens is 1. The van der Waals surface area contributed by atoms with E-state index in [2.05, 4.69) is 39.4 Å². The van der Waals surface area contributed by atoms with E-state index < -0.39 is 0 Å². The summed E-state index contributed by atoms with van der Waals surface area (Å²) in [5.74, 6) is 0.511. The van der Waals surface area contributed by atoms with Gasteiger partial charge in [-0.15, -0.1) is 0 Å². The molecule has 1 atom stereocenters. The van der Waals surface area contributed by atoms with Crippen molar-refractivity contribution in [1.82, 2.24) is 30.1 Å². The fourth-order valence-corrected chi connectivity index (χ4v) is 4.49. The summed E-state index contributed by atoms with van der Waals surface area (Å²) in [5, 5.41) is 11.2. The molecule has 4 aromatic rings. The van der Waals surface area contributed by atoms with Gasteiger partial charge in [-0.1, -0.05) is 36.3 Å². The number of nitrogens with zero attached hydrogens (tertiary/aromatic N) is 6. The lowest BCUT2D eigenvalue weighted by Crippen LogP contribution is -2.31. The number of aromatic nitrogens is 4. The highest BCUT2D eigenvalue weighted by Crippen LogP contribution is 2.35. The van der Waals surface area contributed by atoms with Gasteiger partial charge in [0.05, 0.1) is 29.6 Å². The van der Waals surface area contributed by atoms with Gasteiger partial charge in [0.2, 0.25) is 5.95 Å². The van der Waals surface area contributed by atoms with E-state index in [1.807, 2.05) is 0 Å². The Morgan fingerprint density at radius 2 is 2.08 bits per heavy atom. The SMILES string of the molecule is CCN(CC)Cc1onc(-c2ccccc2F)c1-c1ccnc(N[C@@H]2CCN(C(=O)c3cnoc3)C2)n1. The molecule has 1 saturated heterocycles. The Morgan fingerprint density at radius 1 is 1.24 bits per heavy atom. The van der Waals surface area contributed by atoms with Gasteiger partial charge >= 0.3 is 0 Å². The Hall–Kier alpha value is -4.12. The second kappa shape index (κ2) is 10.9. The maximum Gasteiger partial charge on any atom is 0.258 e. The summed E-state index contributed by atoms with van der Waals surface area (Å²) < 4.78 is 25.3. The molecular weight excluding hydrogens is 477 g/mol. The summed E-state index contributed by atoms with van der Waals surface area (Å²) in [6.07, 6.45) is 5.15. The number of benzene rings is 1. The zero-order chi connectivity index (χ0) is 25.8. The summed E-state index contributed by atoms with van der Waals surface area (Å²) in [6.45, 7) is 7.41. The van der Waals surface area contributed by atoms with Gasteiger partial charge in [0.25, 0.3) is 5.91 Å². The van der Waals surface area contributed by atoms with Gasteiger partial charge in [-0.25, -0.2) is 14.4 Å². The average molecular weight is 506 g/mol. The van der Waals surface area contributed by atoms with Crippen LogP contribution in [0.25, 0.3) is 22.5 Å². The third-order valence-electron chi connectivity index (χ3n) is 6.55. The van der Waals surface area contributed by atoms with Crippen LogP contribution in [0.5, 0.6) is 0 Å². The highest BCUT2D eigenvalue weighted by atomic mass is 19.1. The third kappa shape index (κ3) is 5.21. The van der Waals surface area contributed by atoms with Crippen LogP contribution < -0.4 is 5.32 Å².